The molecule has 1 unspecified atom stereocenters. The minimum atomic E-state index is -0.569. The Hall–Kier alpha value is -0.540. The Morgan fingerprint density at radius 1 is 1.73 bits per heavy atom. The van der Waals surface area contributed by atoms with Gasteiger partial charge in [-0.15, -0.1) is 0 Å². The average molecular weight is 177 g/mol. The van der Waals surface area contributed by atoms with Crippen molar-refractivity contribution in [1.82, 2.24) is 0 Å². The van der Waals surface area contributed by atoms with Crippen LogP contribution in [0.2, 0.25) is 0 Å². The first-order chi connectivity index (χ1) is 5.16. The van der Waals surface area contributed by atoms with Gasteiger partial charge >= 0.3 is 5.97 Å². The molecule has 1 aliphatic rings. The number of cyclic esters (lactones) is 1. The SMILES string of the molecule is CCOC1OC(=O)C(Cl)=C1C. The number of hydrogen-bond donors (Lipinski definition) is 0. The highest BCUT2D eigenvalue weighted by Gasteiger charge is 2.30. The molecule has 1 aliphatic heterocycles. The van der Waals surface area contributed by atoms with Gasteiger partial charge in [-0.1, -0.05) is 11.6 Å². The first-order valence-electron chi connectivity index (χ1n) is 3.35. The Morgan fingerprint density at radius 2 is 2.36 bits per heavy atom. The summed E-state index contributed by atoms with van der Waals surface area (Å²) in [6, 6.07) is 0. The third-order valence-corrected chi connectivity index (χ3v) is 1.86. The van der Waals surface area contributed by atoms with Crippen LogP contribution in [0.1, 0.15) is 13.8 Å². The lowest BCUT2D eigenvalue weighted by Crippen LogP contribution is -2.14. The molecule has 4 heteroatoms. The summed E-state index contributed by atoms with van der Waals surface area (Å²) in [5, 5.41) is 0.142. The van der Waals surface area contributed by atoms with E-state index in [9.17, 15) is 4.79 Å². The highest BCUT2D eigenvalue weighted by molar-refractivity contribution is 6.42. The Kier molecular flexibility index (Phi) is 2.52. The predicted molar refractivity (Wildman–Crippen MR) is 40.1 cm³/mol. The summed E-state index contributed by atoms with van der Waals surface area (Å²) in [7, 11) is 0. The fourth-order valence-electron chi connectivity index (χ4n) is 0.812. The lowest BCUT2D eigenvalue weighted by Gasteiger charge is -2.09. The Bertz CT molecular complexity index is 210. The Balaban J connectivity index is 2.69. The van der Waals surface area contributed by atoms with Gasteiger partial charge in [0, 0.05) is 12.2 Å². The molecule has 0 amide bonds. The topological polar surface area (TPSA) is 35.5 Å². The van der Waals surface area contributed by atoms with Gasteiger partial charge < -0.3 is 9.47 Å². The van der Waals surface area contributed by atoms with E-state index in [-0.39, 0.29) is 5.03 Å². The van der Waals surface area contributed by atoms with Gasteiger partial charge in [-0.05, 0) is 13.8 Å². The molecule has 1 heterocycles. The van der Waals surface area contributed by atoms with Crippen LogP contribution < -0.4 is 0 Å². The summed E-state index contributed by atoms with van der Waals surface area (Å²) in [5.74, 6) is -0.498. The van der Waals surface area contributed by atoms with E-state index in [0.29, 0.717) is 12.2 Å². The normalized spacial score (nSPS) is 24.3. The lowest BCUT2D eigenvalue weighted by atomic mass is 10.3. The highest BCUT2D eigenvalue weighted by Crippen LogP contribution is 2.25. The van der Waals surface area contributed by atoms with Crippen LogP contribution in [0, 0.1) is 0 Å². The summed E-state index contributed by atoms with van der Waals surface area (Å²) >= 11 is 5.57. The molecule has 62 valence electrons. The van der Waals surface area contributed by atoms with Crippen molar-refractivity contribution in [2.75, 3.05) is 6.61 Å². The maximum absolute atomic E-state index is 10.8. The number of ether oxygens (including phenoxy) is 2. The average Bonchev–Trinajstić information content (AvgIpc) is 2.19. The van der Waals surface area contributed by atoms with E-state index >= 15 is 0 Å². The van der Waals surface area contributed by atoms with Crippen LogP contribution in [0.4, 0.5) is 0 Å². The first kappa shape index (κ1) is 8.56. The molecule has 3 nitrogen and oxygen atoms in total. The van der Waals surface area contributed by atoms with E-state index < -0.39 is 12.3 Å². The number of carbonyl (C=O) groups is 1. The van der Waals surface area contributed by atoms with Crippen molar-refractivity contribution in [3.05, 3.63) is 10.6 Å². The number of rotatable bonds is 2. The number of hydrogen-bond acceptors (Lipinski definition) is 3. The zero-order valence-corrected chi connectivity index (χ0v) is 7.14. The van der Waals surface area contributed by atoms with E-state index in [1.165, 1.54) is 0 Å². The van der Waals surface area contributed by atoms with E-state index in [1.807, 2.05) is 6.92 Å². The van der Waals surface area contributed by atoms with Gasteiger partial charge in [-0.25, -0.2) is 4.79 Å². The van der Waals surface area contributed by atoms with Crippen molar-refractivity contribution >= 4 is 17.6 Å². The Labute approximate surface area is 69.9 Å². The molecule has 0 saturated carbocycles. The monoisotopic (exact) mass is 176 g/mol. The van der Waals surface area contributed by atoms with Crippen LogP contribution in [0.5, 0.6) is 0 Å². The maximum Gasteiger partial charge on any atom is 0.352 e. The van der Waals surface area contributed by atoms with Gasteiger partial charge in [0.05, 0.1) is 0 Å². The quantitative estimate of drug-likeness (QED) is 0.597. The molecule has 0 bridgehead atoms. The third kappa shape index (κ3) is 1.54. The molecule has 1 rings (SSSR count). The van der Waals surface area contributed by atoms with Crippen LogP contribution in [-0.2, 0) is 14.3 Å². The summed E-state index contributed by atoms with van der Waals surface area (Å²) < 4.78 is 9.83. The van der Waals surface area contributed by atoms with Gasteiger partial charge in [-0.3, -0.25) is 0 Å². The van der Waals surface area contributed by atoms with E-state index in [4.69, 9.17) is 21.1 Å². The maximum atomic E-state index is 10.8. The van der Waals surface area contributed by atoms with Crippen molar-refractivity contribution in [2.45, 2.75) is 20.1 Å². The molecule has 0 aromatic carbocycles. The van der Waals surface area contributed by atoms with Gasteiger partial charge in [0.1, 0.15) is 5.03 Å². The number of esters is 1. The van der Waals surface area contributed by atoms with Gasteiger partial charge in [-0.2, -0.15) is 0 Å². The largest absolute Gasteiger partial charge is 0.427 e. The van der Waals surface area contributed by atoms with Gasteiger partial charge in [0.15, 0.2) is 0 Å². The van der Waals surface area contributed by atoms with Crippen molar-refractivity contribution in [2.24, 2.45) is 0 Å². The van der Waals surface area contributed by atoms with E-state index in [0.717, 1.165) is 0 Å². The van der Waals surface area contributed by atoms with Crippen LogP contribution in [0.15, 0.2) is 10.6 Å². The lowest BCUT2D eigenvalue weighted by molar-refractivity contribution is -0.158. The second-order valence-corrected chi connectivity index (χ2v) is 2.57. The number of carbonyl (C=O) groups excluding carboxylic acids is 1. The fourth-order valence-corrected chi connectivity index (χ4v) is 0.946. The molecule has 1 atom stereocenters. The van der Waals surface area contributed by atoms with E-state index in [1.54, 1.807) is 6.92 Å². The van der Waals surface area contributed by atoms with Gasteiger partial charge in [0.2, 0.25) is 6.29 Å². The molecule has 11 heavy (non-hydrogen) atoms. The van der Waals surface area contributed by atoms with Crippen LogP contribution >= 0.6 is 11.6 Å². The van der Waals surface area contributed by atoms with Crippen LogP contribution in [0.3, 0.4) is 0 Å². The summed E-state index contributed by atoms with van der Waals surface area (Å²) in [6.45, 7) is 4.04. The zero-order chi connectivity index (χ0) is 8.43. The van der Waals surface area contributed by atoms with Crippen LogP contribution in [0.25, 0.3) is 0 Å². The van der Waals surface area contributed by atoms with Crippen molar-refractivity contribution < 1.29 is 14.3 Å². The standard InChI is InChI=1S/C7H9ClO3/c1-3-10-7-4(2)5(8)6(9)11-7/h7H,3H2,1-2H3. The molecule has 0 radical (unpaired) electrons. The minimum Gasteiger partial charge on any atom is -0.427 e. The fraction of sp³-hybridized carbons (Fsp3) is 0.571. The summed E-state index contributed by atoms with van der Waals surface area (Å²) in [6.07, 6.45) is -0.569. The molecule has 0 aromatic heterocycles. The van der Waals surface area contributed by atoms with Crippen molar-refractivity contribution in [3.63, 3.8) is 0 Å². The molecule has 0 N–H and O–H groups in total. The van der Waals surface area contributed by atoms with Gasteiger partial charge in [0.25, 0.3) is 0 Å². The molecular weight excluding hydrogens is 168 g/mol. The summed E-state index contributed by atoms with van der Waals surface area (Å²) in [4.78, 5) is 10.8. The molecule has 0 aliphatic carbocycles. The highest BCUT2D eigenvalue weighted by atomic mass is 35.5. The minimum absolute atomic E-state index is 0.142. The second-order valence-electron chi connectivity index (χ2n) is 2.19. The van der Waals surface area contributed by atoms with E-state index in [2.05, 4.69) is 0 Å². The van der Waals surface area contributed by atoms with Crippen molar-refractivity contribution in [3.8, 4) is 0 Å². The first-order valence-corrected chi connectivity index (χ1v) is 3.73. The molecule has 0 fully saturated rings. The predicted octanol–water partition coefficient (Wildman–Crippen LogP) is 1.42. The number of halogens is 1. The molecule has 0 aromatic rings. The molecule has 0 spiro atoms. The molecule has 0 saturated heterocycles. The zero-order valence-electron chi connectivity index (χ0n) is 6.39. The Morgan fingerprint density at radius 3 is 2.73 bits per heavy atom. The van der Waals surface area contributed by atoms with Crippen LogP contribution in [-0.4, -0.2) is 18.9 Å². The second kappa shape index (κ2) is 3.24. The summed E-state index contributed by atoms with van der Waals surface area (Å²) in [5.41, 5.74) is 0.651. The van der Waals surface area contributed by atoms with Crippen molar-refractivity contribution in [1.29, 1.82) is 0 Å². The molecular formula is C7H9ClO3. The third-order valence-electron chi connectivity index (χ3n) is 1.41. The smallest absolute Gasteiger partial charge is 0.352 e.